The van der Waals surface area contributed by atoms with E-state index in [1.54, 1.807) is 6.92 Å². The molecule has 4 aliphatic carbocycles. The van der Waals surface area contributed by atoms with E-state index in [1.165, 1.54) is 20.8 Å². The molecule has 6 saturated heterocycles. The molecule has 10 aliphatic rings. The van der Waals surface area contributed by atoms with Crippen molar-refractivity contribution in [3.8, 4) is 0 Å². The van der Waals surface area contributed by atoms with Gasteiger partial charge in [0, 0.05) is 5.92 Å². The van der Waals surface area contributed by atoms with Crippen molar-refractivity contribution < 1.29 is 155 Å². The fraction of sp³-hybridized carbons (Fsp3) is 0.946. The number of aliphatic hydroxyl groups excluding tert-OH is 15. The molecule has 0 aromatic carbocycles. The number of rotatable bonds is 17. The Hall–Kier alpha value is -1.80. The van der Waals surface area contributed by atoms with Crippen LogP contribution >= 0.6 is 0 Å². The first-order chi connectivity index (χ1) is 41.8. The van der Waals surface area contributed by atoms with E-state index in [4.69, 9.17) is 61.0 Å². The smallest absolute Gasteiger partial charge is 0.217 e. The lowest BCUT2D eigenvalue weighted by Crippen LogP contribution is -2.67. The molecule has 15 N–H and O–H groups in total. The molecule has 0 aromatic rings. The second kappa shape index (κ2) is 27.4. The molecule has 32 nitrogen and oxygen atoms in total. The Morgan fingerprint density at radius 2 is 1.02 bits per heavy atom. The van der Waals surface area contributed by atoms with Crippen molar-refractivity contribution in [3.05, 3.63) is 11.6 Å². The van der Waals surface area contributed by atoms with E-state index < -0.39 is 232 Å². The minimum Gasteiger partial charge on any atom is -0.726 e. The molecule has 0 radical (unpaired) electrons. The third-order valence-electron chi connectivity index (χ3n) is 21.0. The van der Waals surface area contributed by atoms with E-state index in [1.807, 2.05) is 0 Å². The predicted octanol–water partition coefficient (Wildman–Crippen LogP) is -6.36. The largest absolute Gasteiger partial charge is 0.726 e. The number of fused-ring (bicyclic) bond motifs is 5. The Morgan fingerprint density at radius 3 is 1.60 bits per heavy atom. The lowest BCUT2D eigenvalue weighted by molar-refractivity contribution is -0.402. The SMILES string of the molecule is CC(=O)[C@H]1CC[C@H]2[C@@H]3C[C@H](O[C@@H]4O[C@H](C)[C@@H](O)[C@H](O[C@@H]5OC[C@@H](O[C@@H]6O[C@H](CO)[C@H](O)[C@H](O)[C@H]6O[C@@H]6O[C@H](C)[C@H](O)[C@H](O[C@@H]7O[C@H](CO)[C@H](O)[C@H](O)[C@H]7O)[C@H]6O)[C@H](O)[C@H]5O[C@@H]5O[C@H](C)[C@@H](O)[C@H](O)[C@H]5O)[C@H]4O)[C@H]4C[C@@H](OS(=O)(=O)[O-])CC[C@]4(C)C3=CC[C@]12C. The Labute approximate surface area is 512 Å². The van der Waals surface area contributed by atoms with Crippen molar-refractivity contribution in [2.45, 2.75) is 277 Å². The van der Waals surface area contributed by atoms with E-state index in [-0.39, 0.29) is 41.8 Å². The maximum atomic E-state index is 13.1. The van der Waals surface area contributed by atoms with Crippen molar-refractivity contribution in [1.29, 1.82) is 0 Å². The maximum Gasteiger partial charge on any atom is 0.217 e. The van der Waals surface area contributed by atoms with E-state index in [0.29, 0.717) is 25.7 Å². The molecular weight excluding hydrogens is 1220 g/mol. The number of hydrogen-bond donors (Lipinski definition) is 15. The highest BCUT2D eigenvalue weighted by atomic mass is 32.3. The third kappa shape index (κ3) is 13.4. The number of aliphatic hydroxyl groups is 15. The highest BCUT2D eigenvalue weighted by molar-refractivity contribution is 7.80. The minimum absolute atomic E-state index is 0.0427. The summed E-state index contributed by atoms with van der Waals surface area (Å²) >= 11 is 0. The number of ketones is 1. The van der Waals surface area contributed by atoms with E-state index in [0.717, 1.165) is 12.0 Å². The Morgan fingerprint density at radius 1 is 0.539 bits per heavy atom. The Bertz CT molecular complexity index is 2550. The first-order valence-electron chi connectivity index (χ1n) is 30.6. The van der Waals surface area contributed by atoms with Crippen LogP contribution in [-0.2, 0) is 76.2 Å². The zero-order valence-electron chi connectivity index (χ0n) is 49.9. The number of Topliss-reactive ketones (excluding diaryl/α,β-unsaturated/α-hetero) is 1. The van der Waals surface area contributed by atoms with E-state index in [2.05, 4.69) is 19.9 Å². The molecule has 10 rings (SSSR count). The summed E-state index contributed by atoms with van der Waals surface area (Å²) in [6.45, 7) is 7.37. The lowest BCUT2D eigenvalue weighted by Gasteiger charge is -2.59. The lowest BCUT2D eigenvalue weighted by atomic mass is 9.48. The van der Waals surface area contributed by atoms with E-state index >= 15 is 0 Å². The van der Waals surface area contributed by atoms with Gasteiger partial charge in [0.05, 0.1) is 50.3 Å². The van der Waals surface area contributed by atoms with Crippen LogP contribution in [0.4, 0.5) is 0 Å². The average Bonchev–Trinajstić information content (AvgIpc) is 1.71. The van der Waals surface area contributed by atoms with Gasteiger partial charge in [-0.05, 0) is 101 Å². The van der Waals surface area contributed by atoms with Crippen LogP contribution in [0.1, 0.15) is 86.5 Å². The van der Waals surface area contributed by atoms with Crippen LogP contribution in [0.5, 0.6) is 0 Å². The monoisotopic (exact) mass is 1310 g/mol. The molecule has 0 spiro atoms. The normalized spacial score (nSPS) is 53.9. The number of ether oxygens (including phenoxy) is 12. The number of hydrogen-bond acceptors (Lipinski definition) is 32. The highest BCUT2D eigenvalue weighted by Gasteiger charge is 2.63. The molecule has 89 heavy (non-hydrogen) atoms. The molecule has 33 heteroatoms. The second-order valence-electron chi connectivity index (χ2n) is 26.4. The van der Waals surface area contributed by atoms with E-state index in [9.17, 15) is 94.4 Å². The summed E-state index contributed by atoms with van der Waals surface area (Å²) in [6.07, 6.45) is -48.5. The molecule has 6 heterocycles. The molecule has 6 aliphatic heterocycles. The van der Waals surface area contributed by atoms with Crippen molar-refractivity contribution in [2.75, 3.05) is 19.8 Å². The van der Waals surface area contributed by atoms with Gasteiger partial charge in [0.1, 0.15) is 128 Å². The first-order valence-corrected chi connectivity index (χ1v) is 31.9. The Balaban J connectivity index is 0.901. The molecule has 0 amide bonds. The van der Waals surface area contributed by atoms with Gasteiger partial charge in [0.25, 0.3) is 0 Å². The molecule has 0 bridgehead atoms. The summed E-state index contributed by atoms with van der Waals surface area (Å²) in [4.78, 5) is 13.1. The van der Waals surface area contributed by atoms with Crippen molar-refractivity contribution in [1.82, 2.24) is 0 Å². The molecule has 0 unspecified atom stereocenters. The summed E-state index contributed by atoms with van der Waals surface area (Å²) in [5.74, 6) is -0.703. The predicted molar refractivity (Wildman–Crippen MR) is 287 cm³/mol. The van der Waals surface area contributed by atoms with Crippen LogP contribution in [0.3, 0.4) is 0 Å². The van der Waals surface area contributed by atoms with Crippen molar-refractivity contribution in [2.24, 2.45) is 34.5 Å². The second-order valence-corrected chi connectivity index (χ2v) is 27.4. The van der Waals surface area contributed by atoms with Crippen LogP contribution < -0.4 is 0 Å². The van der Waals surface area contributed by atoms with Crippen LogP contribution in [0, 0.1) is 34.5 Å². The number of carbonyl (C=O) groups excluding carboxylic acids is 1. The van der Waals surface area contributed by atoms with Gasteiger partial charge in [-0.3, -0.25) is 8.98 Å². The summed E-state index contributed by atoms with van der Waals surface area (Å²) in [6, 6.07) is 0. The van der Waals surface area contributed by atoms with Crippen molar-refractivity contribution in [3.63, 3.8) is 0 Å². The van der Waals surface area contributed by atoms with Gasteiger partial charge in [-0.2, -0.15) is 0 Å². The highest BCUT2D eigenvalue weighted by Crippen LogP contribution is 2.66. The molecule has 0 aromatic heterocycles. The molecular formula is C56H89O32S-. The van der Waals surface area contributed by atoms with Gasteiger partial charge < -0.3 is 138 Å². The molecule has 37 atom stereocenters. The summed E-state index contributed by atoms with van der Waals surface area (Å²) in [5, 5.41) is 166. The standard InChI is InChI=1S/C56H90O32S/c1-18(59)24-7-8-25-23-14-28(27-13-22(88-89(73,74)75)9-11-56(27,6)26(23)10-12-55(24,25)5)80-51-43(71)46(34(62)20(3)78-51)85-53-47(86-49-41(69)38(66)32(60)19(2)77-49)37(65)31(17-76-53)83-54-48(40(68)36(64)30(16-58)82-54)87-52-44(72)45(33(61)21(4)79-52)84-50-42(70)39(67)35(63)29(15-57)81-50/h10,19-25,27-54,57-58,60-72H,7-9,11-17H2,1-6H3,(H,73,74,75)/p-1/t19-,20-,21-,22+,23+,24-,25+,27-,28+,29-,30-,31-,32-,33+,34-,35+,36+,37+,38+,39+,40+,41-,42-,43-,44-,45+,46+,47-,48-,49+,50+,51+,52+,53+,54+,55-,56-/m1/s1. The van der Waals surface area contributed by atoms with Gasteiger partial charge in [-0.15, -0.1) is 0 Å². The van der Waals surface area contributed by atoms with Gasteiger partial charge in [-0.1, -0.05) is 25.5 Å². The van der Waals surface area contributed by atoms with Crippen LogP contribution in [-0.4, -0.2) is 306 Å². The van der Waals surface area contributed by atoms with Gasteiger partial charge in [0.15, 0.2) is 37.7 Å². The van der Waals surface area contributed by atoms with Crippen LogP contribution in [0.15, 0.2) is 11.6 Å². The number of allylic oxidation sites excluding steroid dienone is 2. The zero-order chi connectivity index (χ0) is 64.8. The van der Waals surface area contributed by atoms with Crippen molar-refractivity contribution >= 4 is 16.2 Å². The quantitative estimate of drug-likeness (QED) is 0.0366. The number of carbonyl (C=O) groups is 1. The van der Waals surface area contributed by atoms with Crippen LogP contribution in [0.2, 0.25) is 0 Å². The van der Waals surface area contributed by atoms with Gasteiger partial charge in [0.2, 0.25) is 10.4 Å². The minimum atomic E-state index is -5.13. The molecule has 3 saturated carbocycles. The molecule has 9 fully saturated rings. The third-order valence-corrected chi connectivity index (χ3v) is 21.5. The topological polar surface area (TPSA) is 498 Å². The molecule has 512 valence electrons. The van der Waals surface area contributed by atoms with Gasteiger partial charge >= 0.3 is 0 Å². The fourth-order valence-electron chi connectivity index (χ4n) is 15.8. The van der Waals surface area contributed by atoms with Gasteiger partial charge in [-0.25, -0.2) is 8.42 Å². The first kappa shape index (κ1) is 70.0. The summed E-state index contributed by atoms with van der Waals surface area (Å²) in [5.41, 5.74) is 0.119. The maximum absolute atomic E-state index is 13.1. The Kier molecular flexibility index (Phi) is 21.5. The average molecular weight is 1310 g/mol. The summed E-state index contributed by atoms with van der Waals surface area (Å²) in [7, 11) is -5.13. The summed E-state index contributed by atoms with van der Waals surface area (Å²) < 4.78 is 113. The van der Waals surface area contributed by atoms with Crippen LogP contribution in [0.25, 0.3) is 0 Å². The fourth-order valence-corrected chi connectivity index (χ4v) is 16.3. The zero-order valence-corrected chi connectivity index (χ0v) is 50.7.